The highest BCUT2D eigenvalue weighted by atomic mass is 32.2. The third kappa shape index (κ3) is 6.29. The number of rotatable bonds is 6. The molecule has 5 nitrogen and oxygen atoms in total. The molecule has 0 fully saturated rings. The van der Waals surface area contributed by atoms with Crippen LogP contribution < -0.4 is 4.57 Å². The number of thiazole rings is 1. The van der Waals surface area contributed by atoms with Gasteiger partial charge in [-0.25, -0.2) is 0 Å². The summed E-state index contributed by atoms with van der Waals surface area (Å²) in [4.78, 5) is 0. The first-order valence-electron chi connectivity index (χ1n) is 13.9. The molecule has 1 aromatic heterocycles. The van der Waals surface area contributed by atoms with Gasteiger partial charge in [-0.1, -0.05) is 74.7 Å². The predicted molar refractivity (Wildman–Crippen MR) is 181 cm³/mol. The van der Waals surface area contributed by atoms with Crippen LogP contribution in [-0.4, -0.2) is 35.6 Å². The number of unbranched alkanes of at least 4 members (excludes halogenated alkanes) is 1. The van der Waals surface area contributed by atoms with E-state index in [4.69, 9.17) is 4.55 Å². The van der Waals surface area contributed by atoms with E-state index in [-0.39, 0.29) is 26.0 Å². The summed E-state index contributed by atoms with van der Waals surface area (Å²) in [7, 11) is -3.87. The Morgan fingerprint density at radius 3 is 2.07 bits per heavy atom. The van der Waals surface area contributed by atoms with E-state index in [2.05, 4.69) is 117 Å². The number of aromatic nitrogens is 1. The molecular weight excluding hydrogens is 561 g/mol. The fourth-order valence-electron chi connectivity index (χ4n) is 6.03. The molecule has 42 heavy (non-hydrogen) atoms. The van der Waals surface area contributed by atoms with Crippen molar-refractivity contribution in [2.24, 2.45) is 0 Å². The maximum Gasteiger partial charge on any atom is 0.264 e. The second-order valence-corrected chi connectivity index (χ2v) is 13.8. The van der Waals surface area contributed by atoms with Gasteiger partial charge in [0.05, 0.1) is 16.6 Å². The zero-order valence-corrected chi connectivity index (χ0v) is 25.6. The molecule has 224 valence electrons. The molecule has 2 heterocycles. The van der Waals surface area contributed by atoms with Gasteiger partial charge in [0.2, 0.25) is 16.2 Å². The van der Waals surface area contributed by atoms with E-state index in [1.54, 1.807) is 0 Å². The van der Waals surface area contributed by atoms with Crippen LogP contribution in [-0.2, 0) is 22.1 Å². The second kappa shape index (κ2) is 13.0. The molecule has 1 aliphatic heterocycles. The highest BCUT2D eigenvalue weighted by molar-refractivity contribution is 7.85. The summed E-state index contributed by atoms with van der Waals surface area (Å²) < 4.78 is 36.7. The summed E-state index contributed by atoms with van der Waals surface area (Å²) >= 11 is 1.88. The molecule has 0 atom stereocenters. The van der Waals surface area contributed by atoms with Crippen molar-refractivity contribution >= 4 is 64.6 Å². The third-order valence-electron chi connectivity index (χ3n) is 8.25. The predicted octanol–water partition coefficient (Wildman–Crippen LogP) is 8.85. The monoisotopic (exact) mass is 606 g/mol. The van der Waals surface area contributed by atoms with Crippen molar-refractivity contribution in [3.63, 3.8) is 0 Å². The lowest BCUT2D eigenvalue weighted by Gasteiger charge is -2.17. The Bertz CT molecular complexity index is 1870. The summed E-state index contributed by atoms with van der Waals surface area (Å²) in [5.41, 5.74) is 5.17. The third-order valence-corrected chi connectivity index (χ3v) is 10.1. The van der Waals surface area contributed by atoms with Crippen LogP contribution in [0.4, 0.5) is 5.69 Å². The van der Waals surface area contributed by atoms with Crippen molar-refractivity contribution < 1.29 is 22.1 Å². The van der Waals surface area contributed by atoms with E-state index in [0.29, 0.717) is 6.42 Å². The van der Waals surface area contributed by atoms with Gasteiger partial charge in [0.1, 0.15) is 17.8 Å². The minimum absolute atomic E-state index is 0. The van der Waals surface area contributed by atoms with Crippen LogP contribution in [0.15, 0.2) is 72.8 Å². The first-order valence-corrected chi connectivity index (χ1v) is 16.3. The fourth-order valence-corrected chi connectivity index (χ4v) is 7.70. The molecule has 6 rings (SSSR count). The van der Waals surface area contributed by atoms with Gasteiger partial charge < -0.3 is 0 Å². The molecule has 5 aromatic rings. The summed E-state index contributed by atoms with van der Waals surface area (Å²) in [5.74, 6) is -0.173. The number of nitrogens with zero attached hydrogens (tertiary/aromatic N) is 2. The van der Waals surface area contributed by atoms with Gasteiger partial charge in [-0.2, -0.15) is 17.6 Å². The molecule has 0 saturated carbocycles. The van der Waals surface area contributed by atoms with Gasteiger partial charge in [-0.05, 0) is 61.5 Å². The Morgan fingerprint density at radius 1 is 0.833 bits per heavy atom. The molecule has 0 bridgehead atoms. The zero-order chi connectivity index (χ0) is 28.7. The lowest BCUT2D eigenvalue weighted by molar-refractivity contribution is -0.668. The van der Waals surface area contributed by atoms with Crippen LogP contribution in [0.3, 0.4) is 0 Å². The van der Waals surface area contributed by atoms with Crippen molar-refractivity contribution in [3.05, 3.63) is 83.4 Å². The van der Waals surface area contributed by atoms with Crippen LogP contribution in [0.2, 0.25) is 0 Å². The summed E-state index contributed by atoms with van der Waals surface area (Å²) in [5, 5.41) is 6.60. The summed E-state index contributed by atoms with van der Waals surface area (Å²) in [6.45, 7) is 12.8. The average Bonchev–Trinajstić information content (AvgIpc) is 3.36. The van der Waals surface area contributed by atoms with Crippen LogP contribution in [0.1, 0.15) is 66.0 Å². The number of hydrogen-bond acceptors (Lipinski definition) is 3. The molecular formula is C35H46N2O3S2+2. The van der Waals surface area contributed by atoms with Crippen LogP contribution in [0, 0.1) is 6.92 Å². The van der Waals surface area contributed by atoms with E-state index >= 15 is 0 Å². The Morgan fingerprint density at radius 2 is 1.43 bits per heavy atom. The van der Waals surface area contributed by atoms with Gasteiger partial charge in [0.25, 0.3) is 10.1 Å². The SMILES string of the molecule is C.C.CC1=[N+](CCCCS(=O)(=O)O)c2ccc3ccccc3c2C1(C)C.CC[n+]1c(C)sc2ccc3ccccc3c21. The lowest BCUT2D eigenvalue weighted by atomic mass is 9.80. The highest BCUT2D eigenvalue weighted by Gasteiger charge is 2.43. The molecule has 4 aromatic carbocycles. The Hall–Kier alpha value is -3.13. The van der Waals surface area contributed by atoms with Crippen molar-refractivity contribution in [2.45, 2.75) is 74.3 Å². The number of hydrogen-bond donors (Lipinski definition) is 1. The quantitative estimate of drug-likeness (QED) is 0.119. The first kappa shape index (κ1) is 33.4. The van der Waals surface area contributed by atoms with E-state index in [9.17, 15) is 8.42 Å². The Kier molecular flexibility index (Phi) is 10.3. The molecule has 0 spiro atoms. The first-order chi connectivity index (χ1) is 19.0. The molecule has 7 heteroatoms. The molecule has 0 amide bonds. The van der Waals surface area contributed by atoms with Crippen LogP contribution >= 0.6 is 11.3 Å². The minimum atomic E-state index is -3.87. The Balaban J connectivity index is 0.000000235. The van der Waals surface area contributed by atoms with E-state index in [0.717, 1.165) is 19.5 Å². The fraction of sp³-hybridized carbons (Fsp3) is 0.371. The van der Waals surface area contributed by atoms with Gasteiger partial charge >= 0.3 is 0 Å². The topological polar surface area (TPSA) is 61.3 Å². The van der Waals surface area contributed by atoms with Crippen LogP contribution in [0.25, 0.3) is 31.8 Å². The van der Waals surface area contributed by atoms with Crippen molar-refractivity contribution in [3.8, 4) is 0 Å². The van der Waals surface area contributed by atoms with Gasteiger partial charge in [0.15, 0.2) is 5.71 Å². The standard InChI is InChI=1S/C19H23NO3S.C14H14NS.2CH4/c1-14-19(2,3)18-16-9-5-4-8-15(16)10-11-17(18)20(14)12-6-7-13-24(21,22)23;1-3-15-10(2)16-13-9-8-11-6-4-5-7-12(11)14(13)15;;/h4-5,8-11H,6-7,12-13H2,1-3H3;4-9H,3H2,1-2H3;2*1H4/q;+1;;/p+1. The van der Waals surface area contributed by atoms with E-state index < -0.39 is 10.1 Å². The van der Waals surface area contributed by atoms with Gasteiger partial charge in [-0.3, -0.25) is 4.55 Å². The lowest BCUT2D eigenvalue weighted by Crippen LogP contribution is -2.33. The molecule has 1 aliphatic rings. The van der Waals surface area contributed by atoms with Crippen LogP contribution in [0.5, 0.6) is 0 Å². The van der Waals surface area contributed by atoms with Crippen molar-refractivity contribution in [1.82, 2.24) is 0 Å². The summed E-state index contributed by atoms with van der Waals surface area (Å²) in [6.07, 6.45) is 1.19. The molecule has 1 N–H and O–H groups in total. The maximum atomic E-state index is 10.9. The molecule has 0 saturated heterocycles. The van der Waals surface area contributed by atoms with Crippen molar-refractivity contribution in [1.29, 1.82) is 0 Å². The zero-order valence-electron chi connectivity index (χ0n) is 23.9. The number of aryl methyl sites for hydroxylation is 2. The molecule has 0 aliphatic carbocycles. The molecule has 0 unspecified atom stereocenters. The maximum absolute atomic E-state index is 10.9. The normalized spacial score (nSPS) is 13.9. The van der Waals surface area contributed by atoms with Gasteiger partial charge in [0, 0.05) is 31.9 Å². The summed E-state index contributed by atoms with van der Waals surface area (Å²) in [6, 6.07) is 25.8. The molecule has 0 radical (unpaired) electrons. The van der Waals surface area contributed by atoms with Crippen molar-refractivity contribution in [2.75, 3.05) is 12.3 Å². The second-order valence-electron chi connectivity index (χ2n) is 11.0. The average molecular weight is 607 g/mol. The smallest absolute Gasteiger partial charge is 0.264 e. The van der Waals surface area contributed by atoms with Gasteiger partial charge in [-0.15, -0.1) is 0 Å². The Labute approximate surface area is 255 Å². The largest absolute Gasteiger partial charge is 0.286 e. The van der Waals surface area contributed by atoms with E-state index in [1.807, 2.05) is 11.3 Å². The minimum Gasteiger partial charge on any atom is -0.286 e. The number of fused-ring (bicyclic) bond motifs is 6. The highest BCUT2D eigenvalue weighted by Crippen LogP contribution is 2.43. The van der Waals surface area contributed by atoms with E-state index in [1.165, 1.54) is 53.7 Å². The number of benzene rings is 4.